The zero-order chi connectivity index (χ0) is 16.4. The topological polar surface area (TPSA) is 32.7 Å². The highest BCUT2D eigenvalue weighted by Gasteiger charge is 2.37. The zero-order valence-corrected chi connectivity index (χ0v) is 10.9. The Bertz CT molecular complexity index is 528. The molecule has 0 bridgehead atoms. The molecule has 0 aliphatic rings. The largest absolute Gasteiger partial charge is 0.416 e. The molecule has 0 unspecified atom stereocenters. The quantitative estimate of drug-likeness (QED) is 0.476. The van der Waals surface area contributed by atoms with Gasteiger partial charge in [-0.3, -0.25) is 4.79 Å². The summed E-state index contributed by atoms with van der Waals surface area (Å²) in [7, 11) is 2.98. The number of amides is 1. The van der Waals surface area contributed by atoms with Gasteiger partial charge in [0, 0.05) is 19.7 Å². The van der Waals surface area contributed by atoms with Crippen molar-refractivity contribution in [1.82, 2.24) is 4.90 Å². The Hall–Kier alpha value is -2.06. The maximum Gasteiger partial charge on any atom is 0.416 e. The molecule has 116 valence electrons. The van der Waals surface area contributed by atoms with Crippen molar-refractivity contribution in [2.75, 3.05) is 14.1 Å². The van der Waals surface area contributed by atoms with E-state index >= 15 is 0 Å². The molecule has 0 atom stereocenters. The fourth-order valence-corrected chi connectivity index (χ4v) is 1.32. The summed E-state index contributed by atoms with van der Waals surface area (Å²) in [5.74, 6) is -1.19. The first-order valence-corrected chi connectivity index (χ1v) is 5.45. The first kappa shape index (κ1) is 17.0. The van der Waals surface area contributed by atoms with Crippen LogP contribution in [0.3, 0.4) is 0 Å². The average Bonchev–Trinajstić information content (AvgIpc) is 2.33. The van der Waals surface area contributed by atoms with Crippen LogP contribution >= 0.6 is 0 Å². The molecule has 0 spiro atoms. The van der Waals surface area contributed by atoms with Gasteiger partial charge in [-0.25, -0.2) is 0 Å². The van der Waals surface area contributed by atoms with Gasteiger partial charge in [-0.15, -0.1) is 0 Å². The van der Waals surface area contributed by atoms with Crippen molar-refractivity contribution in [2.45, 2.75) is 12.4 Å². The van der Waals surface area contributed by atoms with Gasteiger partial charge in [-0.2, -0.15) is 31.3 Å². The van der Waals surface area contributed by atoms with Crippen molar-refractivity contribution in [3.8, 4) is 0 Å². The lowest BCUT2D eigenvalue weighted by atomic mass is 10.0. The van der Waals surface area contributed by atoms with E-state index in [0.717, 1.165) is 6.34 Å². The minimum Gasteiger partial charge on any atom is -0.369 e. The Balaban J connectivity index is 3.36. The number of aliphatic imine (C=N–C) groups is 1. The normalized spacial score (nSPS) is 12.8. The summed E-state index contributed by atoms with van der Waals surface area (Å²) in [5, 5.41) is 0. The minimum atomic E-state index is -5.00. The van der Waals surface area contributed by atoms with Crippen LogP contribution in [0.15, 0.2) is 23.2 Å². The molecular weight excluding hydrogens is 302 g/mol. The van der Waals surface area contributed by atoms with Crippen molar-refractivity contribution < 1.29 is 31.1 Å². The number of carbonyl (C=O) groups is 1. The fourth-order valence-electron chi connectivity index (χ4n) is 1.32. The maximum absolute atomic E-state index is 12.6. The molecule has 0 N–H and O–H groups in total. The summed E-state index contributed by atoms with van der Waals surface area (Å²) < 4.78 is 75.5. The number of carbonyl (C=O) groups excluding carboxylic acids is 1. The Labute approximate surface area is 115 Å². The molecule has 0 fully saturated rings. The van der Waals surface area contributed by atoms with Crippen molar-refractivity contribution in [3.05, 3.63) is 34.9 Å². The number of alkyl halides is 6. The zero-order valence-electron chi connectivity index (χ0n) is 10.9. The van der Waals surface area contributed by atoms with Crippen LogP contribution in [0.4, 0.5) is 26.3 Å². The molecule has 21 heavy (non-hydrogen) atoms. The summed E-state index contributed by atoms with van der Waals surface area (Å²) in [6.45, 7) is 0. The van der Waals surface area contributed by atoms with Gasteiger partial charge in [0.25, 0.3) is 5.91 Å². The smallest absolute Gasteiger partial charge is 0.369 e. The first-order valence-electron chi connectivity index (χ1n) is 5.45. The van der Waals surface area contributed by atoms with Gasteiger partial charge in [0.1, 0.15) is 0 Å². The van der Waals surface area contributed by atoms with E-state index in [1.165, 1.54) is 19.0 Å². The van der Waals surface area contributed by atoms with Crippen LogP contribution in [0, 0.1) is 0 Å². The highest BCUT2D eigenvalue weighted by molar-refractivity contribution is 5.99. The standard InChI is InChI=1S/C12H10F6N2O/c1-20(2)6-19-10(21)7-3-8(11(13,14)15)5-9(4-7)12(16,17)18/h3-6H,1-2H3. The predicted molar refractivity (Wildman–Crippen MR) is 63.0 cm³/mol. The fraction of sp³-hybridized carbons (Fsp3) is 0.333. The molecule has 0 saturated carbocycles. The van der Waals surface area contributed by atoms with E-state index in [1.54, 1.807) is 0 Å². The molecule has 0 aliphatic heterocycles. The lowest BCUT2D eigenvalue weighted by Crippen LogP contribution is -2.14. The van der Waals surface area contributed by atoms with Crippen LogP contribution in [0.1, 0.15) is 21.5 Å². The van der Waals surface area contributed by atoms with Gasteiger partial charge in [0.2, 0.25) is 0 Å². The summed E-state index contributed by atoms with van der Waals surface area (Å²) in [5.41, 5.74) is -3.89. The van der Waals surface area contributed by atoms with E-state index in [4.69, 9.17) is 0 Å². The molecule has 0 aliphatic carbocycles. The molecule has 0 saturated heterocycles. The number of benzene rings is 1. The number of halogens is 6. The van der Waals surface area contributed by atoms with Gasteiger partial charge in [-0.05, 0) is 18.2 Å². The van der Waals surface area contributed by atoms with Crippen molar-refractivity contribution in [1.29, 1.82) is 0 Å². The molecule has 1 aromatic rings. The second-order valence-electron chi connectivity index (χ2n) is 4.31. The monoisotopic (exact) mass is 312 g/mol. The lowest BCUT2D eigenvalue weighted by Gasteiger charge is -2.13. The third-order valence-corrected chi connectivity index (χ3v) is 2.24. The Morgan fingerprint density at radius 1 is 1.00 bits per heavy atom. The maximum atomic E-state index is 12.6. The van der Waals surface area contributed by atoms with Crippen LogP contribution in [-0.4, -0.2) is 31.2 Å². The Morgan fingerprint density at radius 3 is 1.76 bits per heavy atom. The van der Waals surface area contributed by atoms with E-state index in [0.29, 0.717) is 12.1 Å². The summed E-state index contributed by atoms with van der Waals surface area (Å²) >= 11 is 0. The molecule has 0 aromatic heterocycles. The minimum absolute atomic E-state index is 0.0492. The third-order valence-electron chi connectivity index (χ3n) is 2.24. The number of hydrogen-bond donors (Lipinski definition) is 0. The van der Waals surface area contributed by atoms with Crippen molar-refractivity contribution in [2.24, 2.45) is 4.99 Å². The van der Waals surface area contributed by atoms with Crippen LogP contribution in [0.2, 0.25) is 0 Å². The predicted octanol–water partition coefficient (Wildman–Crippen LogP) is 3.45. The number of rotatable bonds is 2. The first-order chi connectivity index (χ1) is 9.41. The van der Waals surface area contributed by atoms with Crippen molar-refractivity contribution >= 4 is 12.2 Å². The third kappa shape index (κ3) is 4.76. The molecule has 0 radical (unpaired) electrons. The van der Waals surface area contributed by atoms with Crippen molar-refractivity contribution in [3.63, 3.8) is 0 Å². The second kappa shape index (κ2) is 5.74. The van der Waals surface area contributed by atoms with Gasteiger partial charge >= 0.3 is 12.4 Å². The summed E-state index contributed by atoms with van der Waals surface area (Å²) in [6, 6.07) is 0.627. The summed E-state index contributed by atoms with van der Waals surface area (Å²) in [4.78, 5) is 16.1. The molecule has 1 amide bonds. The number of nitrogens with zero attached hydrogens (tertiary/aromatic N) is 2. The molecule has 1 rings (SSSR count). The highest BCUT2D eigenvalue weighted by atomic mass is 19.4. The Morgan fingerprint density at radius 2 is 1.43 bits per heavy atom. The van der Waals surface area contributed by atoms with Gasteiger partial charge in [-0.1, -0.05) is 0 Å². The average molecular weight is 312 g/mol. The van der Waals surface area contributed by atoms with E-state index in [2.05, 4.69) is 4.99 Å². The van der Waals surface area contributed by atoms with Gasteiger partial charge in [0.15, 0.2) is 0 Å². The molecule has 0 heterocycles. The van der Waals surface area contributed by atoms with Crippen LogP contribution in [0.25, 0.3) is 0 Å². The van der Waals surface area contributed by atoms with Crippen LogP contribution in [0.5, 0.6) is 0 Å². The summed E-state index contributed by atoms with van der Waals surface area (Å²) in [6.07, 6.45) is -9.01. The SMILES string of the molecule is CN(C)C=NC(=O)c1cc(C(F)(F)F)cc(C(F)(F)F)c1. The van der Waals surface area contributed by atoms with Crippen LogP contribution in [-0.2, 0) is 12.4 Å². The molecular formula is C12H10F6N2O. The van der Waals surface area contributed by atoms with Gasteiger partial charge in [0.05, 0.1) is 17.5 Å². The lowest BCUT2D eigenvalue weighted by molar-refractivity contribution is -0.143. The highest BCUT2D eigenvalue weighted by Crippen LogP contribution is 2.36. The van der Waals surface area contributed by atoms with Crippen LogP contribution < -0.4 is 0 Å². The van der Waals surface area contributed by atoms with Gasteiger partial charge < -0.3 is 4.90 Å². The second-order valence-corrected chi connectivity index (χ2v) is 4.31. The Kier molecular flexibility index (Phi) is 4.65. The van der Waals surface area contributed by atoms with E-state index < -0.39 is 35.0 Å². The molecule has 3 nitrogen and oxygen atoms in total. The van der Waals surface area contributed by atoms with E-state index in [1.807, 2.05) is 0 Å². The number of hydrogen-bond acceptors (Lipinski definition) is 1. The molecule has 9 heteroatoms. The van der Waals surface area contributed by atoms with E-state index in [-0.39, 0.29) is 6.07 Å². The van der Waals surface area contributed by atoms with E-state index in [9.17, 15) is 31.1 Å². The molecule has 1 aromatic carbocycles.